The first-order valence-corrected chi connectivity index (χ1v) is 20.2. The van der Waals surface area contributed by atoms with Gasteiger partial charge in [0.2, 0.25) is 0 Å². The number of aromatic nitrogens is 2. The van der Waals surface area contributed by atoms with Crippen molar-refractivity contribution in [2.24, 2.45) is 4.40 Å². The number of nitrogens with one attached hydrogen (secondary N) is 1. The number of rotatable bonds is 13. The minimum atomic E-state index is -3.16. The maximum Gasteiger partial charge on any atom is 0.387 e. The molecule has 0 aliphatic heterocycles. The van der Waals surface area contributed by atoms with Crippen molar-refractivity contribution in [3.05, 3.63) is 74.5 Å². The summed E-state index contributed by atoms with van der Waals surface area (Å²) < 4.78 is 70.1. The zero-order valence-corrected chi connectivity index (χ0v) is 32.6. The number of anilines is 1. The summed E-state index contributed by atoms with van der Waals surface area (Å²) in [6.07, 6.45) is 4.12. The summed E-state index contributed by atoms with van der Waals surface area (Å²) in [5.41, 5.74) is -1.20. The van der Waals surface area contributed by atoms with E-state index in [2.05, 4.69) is 69.5 Å². The van der Waals surface area contributed by atoms with Gasteiger partial charge in [-0.15, -0.1) is 0 Å². The van der Waals surface area contributed by atoms with Crippen LogP contribution in [0.5, 0.6) is 5.75 Å². The van der Waals surface area contributed by atoms with Gasteiger partial charge in [0.05, 0.1) is 23.2 Å². The van der Waals surface area contributed by atoms with E-state index in [-0.39, 0.29) is 39.6 Å². The molecule has 0 fully saturated rings. The Morgan fingerprint density at radius 3 is 2.24 bits per heavy atom. The molecule has 0 saturated heterocycles. The topological polar surface area (TPSA) is 135 Å². The minimum absolute atomic E-state index is 0.0415. The number of benzene rings is 2. The van der Waals surface area contributed by atoms with E-state index in [1.807, 2.05) is 13.8 Å². The minimum Gasteiger partial charge on any atom is -0.591 e. The fourth-order valence-electron chi connectivity index (χ4n) is 4.53. The van der Waals surface area contributed by atoms with Crippen molar-refractivity contribution >= 4 is 53.2 Å². The Morgan fingerprint density at radius 2 is 1.71 bits per heavy atom. The van der Waals surface area contributed by atoms with E-state index in [1.165, 1.54) is 36.8 Å². The predicted molar refractivity (Wildman–Crippen MR) is 194 cm³/mol. The lowest BCUT2D eigenvalue weighted by atomic mass is 10.0. The zero-order valence-electron chi connectivity index (χ0n) is 29.2. The second kappa shape index (κ2) is 15.5. The Balaban J connectivity index is 2.11. The molecule has 16 heteroatoms. The van der Waals surface area contributed by atoms with Crippen molar-refractivity contribution in [1.82, 2.24) is 9.97 Å². The highest BCUT2D eigenvalue weighted by Gasteiger charge is 2.43. The lowest BCUT2D eigenvalue weighted by Crippen LogP contribution is -2.46. The molecule has 0 aliphatic rings. The van der Waals surface area contributed by atoms with Crippen LogP contribution in [0.15, 0.2) is 51.6 Å². The van der Waals surface area contributed by atoms with Gasteiger partial charge in [-0.25, -0.2) is 14.4 Å². The number of nitrogens with zero attached hydrogens (tertiary/aromatic N) is 4. The Kier molecular flexibility index (Phi) is 12.7. The fraction of sp³-hybridized carbons (Fsp3) is 0.485. The van der Waals surface area contributed by atoms with Gasteiger partial charge in [-0.2, -0.15) is 8.78 Å². The second-order valence-corrected chi connectivity index (χ2v) is 21.9. The van der Waals surface area contributed by atoms with Gasteiger partial charge in [-0.1, -0.05) is 47.2 Å². The van der Waals surface area contributed by atoms with Crippen molar-refractivity contribution in [3.8, 4) is 16.9 Å². The highest BCUT2D eigenvalue weighted by atomic mass is 79.9. The van der Waals surface area contributed by atoms with Crippen LogP contribution in [0.3, 0.4) is 0 Å². The van der Waals surface area contributed by atoms with Crippen LogP contribution in [0.2, 0.25) is 18.1 Å². The van der Waals surface area contributed by atoms with E-state index in [4.69, 9.17) is 9.16 Å². The van der Waals surface area contributed by atoms with Crippen LogP contribution in [0.1, 0.15) is 79.2 Å². The molecule has 1 unspecified atom stereocenters. The number of nitro benzene ring substituents is 1. The van der Waals surface area contributed by atoms with Crippen molar-refractivity contribution in [3.63, 3.8) is 0 Å². The van der Waals surface area contributed by atoms with Gasteiger partial charge < -0.3 is 19.0 Å². The summed E-state index contributed by atoms with van der Waals surface area (Å²) in [6, 6.07) is 5.43. The Morgan fingerprint density at radius 1 is 1.10 bits per heavy atom. The molecule has 0 amide bonds. The third-order valence-electron chi connectivity index (χ3n) is 8.04. The van der Waals surface area contributed by atoms with Crippen LogP contribution in [-0.4, -0.2) is 45.3 Å². The summed E-state index contributed by atoms with van der Waals surface area (Å²) in [7, 11) is -2.21. The van der Waals surface area contributed by atoms with Crippen molar-refractivity contribution in [2.75, 3.05) is 5.32 Å². The van der Waals surface area contributed by atoms with Crippen LogP contribution in [-0.2, 0) is 21.4 Å². The van der Waals surface area contributed by atoms with Crippen LogP contribution in [0.4, 0.5) is 24.5 Å². The Hall–Kier alpha value is -3.05. The maximum atomic E-state index is 15.5. The highest BCUT2D eigenvalue weighted by Crippen LogP contribution is 2.42. The third-order valence-corrected chi connectivity index (χ3v) is 14.8. The number of halogens is 4. The number of nitro groups is 1. The smallest absolute Gasteiger partial charge is 0.387 e. The van der Waals surface area contributed by atoms with Gasteiger partial charge in [0.1, 0.15) is 39.0 Å². The van der Waals surface area contributed by atoms with Gasteiger partial charge in [-0.05, 0) is 71.0 Å². The average molecular weight is 787 g/mol. The molecule has 2 atom stereocenters. The first-order valence-electron chi connectivity index (χ1n) is 15.4. The summed E-state index contributed by atoms with van der Waals surface area (Å²) in [5, 5.41) is 15.1. The molecular formula is C33H43BrF3N5O5SSi. The van der Waals surface area contributed by atoms with E-state index < -0.39 is 59.1 Å². The third kappa shape index (κ3) is 10.2. The summed E-state index contributed by atoms with van der Waals surface area (Å²) in [6.45, 7) is 16.4. The normalized spacial score (nSPS) is 14.3. The van der Waals surface area contributed by atoms with Gasteiger partial charge in [0.15, 0.2) is 14.1 Å². The fourth-order valence-corrected chi connectivity index (χ4v) is 7.37. The second-order valence-electron chi connectivity index (χ2n) is 14.4. The lowest BCUT2D eigenvalue weighted by Gasteiger charge is -2.42. The summed E-state index contributed by atoms with van der Waals surface area (Å²) in [5.74, 6) is -0.718. The molecule has 10 nitrogen and oxygen atoms in total. The molecule has 49 heavy (non-hydrogen) atoms. The van der Waals surface area contributed by atoms with Crippen molar-refractivity contribution < 1.29 is 31.8 Å². The SMILES string of the molecule is CC(C)(O[Si](C)(C)C(C)(C)C)c1ncc(-c2cc(NC(CC=N[S@+]([O-])C(C)(C)C)c3c(Br)cccc3OC(F)F)c([N+](=O)[O-])cc2F)cn1. The molecule has 0 bridgehead atoms. The van der Waals surface area contributed by atoms with Gasteiger partial charge in [-0.3, -0.25) is 10.1 Å². The molecular weight excluding hydrogens is 743 g/mol. The molecule has 2 aromatic carbocycles. The number of alkyl halides is 2. The van der Waals surface area contributed by atoms with Crippen molar-refractivity contribution in [1.29, 1.82) is 0 Å². The van der Waals surface area contributed by atoms with Crippen molar-refractivity contribution in [2.45, 2.75) is 103 Å². The highest BCUT2D eigenvalue weighted by molar-refractivity contribution is 9.10. The number of hydrogen-bond acceptors (Lipinski definition) is 9. The Labute approximate surface area is 298 Å². The molecule has 3 rings (SSSR count). The standard InChI is InChI=1S/C33H43BrF3N5O5SSi/c1-31(2,3)48(45)40-15-14-24(28-22(34)12-11-13-27(28)46-30(36)37)41-25-16-21(23(35)17-26(25)42(43)44)20-18-38-29(39-19-20)33(7,8)47-49(9,10)32(4,5)6/h11-13,15-19,24,30,41H,14H2,1-10H3/t24?,48-/m1/s1. The first kappa shape index (κ1) is 40.4. The van der Waals surface area contributed by atoms with Crippen LogP contribution < -0.4 is 10.1 Å². The van der Waals surface area contributed by atoms with E-state index in [9.17, 15) is 23.4 Å². The summed E-state index contributed by atoms with van der Waals surface area (Å²) >= 11 is 1.74. The van der Waals surface area contributed by atoms with Crippen LogP contribution in [0, 0.1) is 15.9 Å². The average Bonchev–Trinajstić information content (AvgIpc) is 2.95. The molecule has 0 aliphatic carbocycles. The molecule has 3 aromatic rings. The lowest BCUT2D eigenvalue weighted by molar-refractivity contribution is -0.384. The van der Waals surface area contributed by atoms with Gasteiger partial charge in [0, 0.05) is 40.0 Å². The Bertz CT molecular complexity index is 1670. The summed E-state index contributed by atoms with van der Waals surface area (Å²) in [4.78, 5) is 20.3. The zero-order chi connectivity index (χ0) is 37.1. The van der Waals surface area contributed by atoms with E-state index in [1.54, 1.807) is 26.8 Å². The molecule has 268 valence electrons. The van der Waals surface area contributed by atoms with Gasteiger partial charge in [0.25, 0.3) is 5.69 Å². The number of ether oxygens (including phenoxy) is 1. The van der Waals surface area contributed by atoms with Crippen LogP contribution in [0.25, 0.3) is 11.1 Å². The van der Waals surface area contributed by atoms with E-state index in [0.29, 0.717) is 10.3 Å². The van der Waals surface area contributed by atoms with Crippen LogP contribution >= 0.6 is 15.9 Å². The monoisotopic (exact) mass is 785 g/mol. The molecule has 0 radical (unpaired) electrons. The molecule has 1 heterocycles. The predicted octanol–water partition coefficient (Wildman–Crippen LogP) is 9.89. The van der Waals surface area contributed by atoms with E-state index in [0.717, 1.165) is 6.07 Å². The first-order chi connectivity index (χ1) is 22.4. The quantitative estimate of drug-likeness (QED) is 0.0595. The molecule has 1 aromatic heterocycles. The van der Waals surface area contributed by atoms with Gasteiger partial charge >= 0.3 is 6.61 Å². The molecule has 0 spiro atoms. The van der Waals surface area contributed by atoms with E-state index >= 15 is 4.39 Å². The maximum absolute atomic E-state index is 15.5. The molecule has 0 saturated carbocycles. The number of hydrogen-bond donors (Lipinski definition) is 1. The molecule has 1 N–H and O–H groups in total. The largest absolute Gasteiger partial charge is 0.591 e.